The molecule has 1 atom stereocenters. The second kappa shape index (κ2) is 11.3. The van der Waals surface area contributed by atoms with Crippen LogP contribution in [0.15, 0.2) is 85.5 Å². The first kappa shape index (κ1) is 25.5. The summed E-state index contributed by atoms with van der Waals surface area (Å²) in [5.41, 5.74) is 0.561. The number of benzene rings is 3. The van der Waals surface area contributed by atoms with Gasteiger partial charge in [0.2, 0.25) is 5.91 Å². The first-order valence-electron chi connectivity index (χ1n) is 11.4. The summed E-state index contributed by atoms with van der Waals surface area (Å²) in [6.07, 6.45) is 0.839. The lowest BCUT2D eigenvalue weighted by Crippen LogP contribution is -2.46. The molecule has 0 aromatic heterocycles. The Labute approximate surface area is 205 Å². The molecule has 0 aliphatic carbocycles. The van der Waals surface area contributed by atoms with Gasteiger partial charge in [0.15, 0.2) is 0 Å². The summed E-state index contributed by atoms with van der Waals surface area (Å²) in [6.45, 7) is 8.74. The highest BCUT2D eigenvalue weighted by atomic mass is 16.6. The van der Waals surface area contributed by atoms with E-state index < -0.39 is 23.6 Å². The van der Waals surface area contributed by atoms with Crippen molar-refractivity contribution in [3.8, 4) is 0 Å². The molecular weight excluding hydrogens is 442 g/mol. The lowest BCUT2D eigenvalue weighted by Gasteiger charge is -2.31. The van der Waals surface area contributed by atoms with Gasteiger partial charge in [0.1, 0.15) is 18.2 Å². The number of fused-ring (bicyclic) bond motifs is 1. The molecule has 3 amide bonds. The number of amides is 3. The maximum Gasteiger partial charge on any atom is 0.408 e. The zero-order valence-corrected chi connectivity index (χ0v) is 20.3. The number of ether oxygens (including phenoxy) is 1. The largest absolute Gasteiger partial charge is 0.444 e. The molecular formula is C28H31N3O4. The molecule has 0 heterocycles. The van der Waals surface area contributed by atoms with Crippen LogP contribution < -0.4 is 10.6 Å². The molecule has 7 nitrogen and oxygen atoms in total. The van der Waals surface area contributed by atoms with Gasteiger partial charge in [-0.15, -0.1) is 6.58 Å². The van der Waals surface area contributed by atoms with Crippen LogP contribution in [-0.2, 0) is 14.3 Å². The van der Waals surface area contributed by atoms with E-state index in [9.17, 15) is 14.4 Å². The fourth-order valence-electron chi connectivity index (χ4n) is 3.64. The van der Waals surface area contributed by atoms with Crippen LogP contribution in [0.2, 0.25) is 0 Å². The lowest BCUT2D eigenvalue weighted by molar-refractivity contribution is -0.137. The Kier molecular flexibility index (Phi) is 8.25. The maximum atomic E-state index is 13.5. The maximum absolute atomic E-state index is 13.5. The summed E-state index contributed by atoms with van der Waals surface area (Å²) in [5, 5.41) is 7.46. The van der Waals surface area contributed by atoms with E-state index in [0.29, 0.717) is 11.3 Å². The van der Waals surface area contributed by atoms with Crippen LogP contribution in [0.25, 0.3) is 10.8 Å². The molecule has 3 rings (SSSR count). The van der Waals surface area contributed by atoms with Gasteiger partial charge in [0.25, 0.3) is 5.91 Å². The number of anilines is 1. The van der Waals surface area contributed by atoms with E-state index >= 15 is 0 Å². The molecule has 2 N–H and O–H groups in total. The molecule has 35 heavy (non-hydrogen) atoms. The lowest BCUT2D eigenvalue weighted by atomic mass is 10.0. The van der Waals surface area contributed by atoms with Crippen molar-refractivity contribution in [3.63, 3.8) is 0 Å². The number of nitrogens with zero attached hydrogens (tertiary/aromatic N) is 1. The minimum absolute atomic E-state index is 0.111. The van der Waals surface area contributed by atoms with Crippen LogP contribution >= 0.6 is 0 Å². The monoisotopic (exact) mass is 473 g/mol. The van der Waals surface area contributed by atoms with Crippen LogP contribution in [0.1, 0.15) is 32.4 Å². The third-order valence-electron chi connectivity index (χ3n) is 5.12. The molecule has 1 unspecified atom stereocenters. The van der Waals surface area contributed by atoms with E-state index in [1.165, 1.54) is 4.90 Å². The van der Waals surface area contributed by atoms with Gasteiger partial charge >= 0.3 is 6.09 Å². The molecule has 0 fully saturated rings. The normalized spacial score (nSPS) is 11.9. The van der Waals surface area contributed by atoms with Gasteiger partial charge in [-0.3, -0.25) is 9.59 Å². The third-order valence-corrected chi connectivity index (χ3v) is 5.12. The standard InChI is InChI=1S/C28H31N3O4/c1-5-17-31(24(32)19-29-27(34)35-28(2,3)4)25(21-12-7-6-8-13-21)26(33)30-23-16-15-20-11-9-10-14-22(20)18-23/h5-16,18,25H,1,17,19H2,2-4H3,(H,29,34)(H,30,33). The summed E-state index contributed by atoms with van der Waals surface area (Å²) in [6, 6.07) is 21.6. The predicted molar refractivity (Wildman–Crippen MR) is 138 cm³/mol. The van der Waals surface area contributed by atoms with Crippen molar-refractivity contribution in [3.05, 3.63) is 91.0 Å². The number of rotatable bonds is 8. The van der Waals surface area contributed by atoms with Crippen molar-refractivity contribution in [1.82, 2.24) is 10.2 Å². The number of carbonyl (C=O) groups is 3. The van der Waals surface area contributed by atoms with Gasteiger partial charge in [-0.1, -0.05) is 66.7 Å². The molecule has 0 saturated heterocycles. The van der Waals surface area contributed by atoms with Crippen LogP contribution in [0, 0.1) is 0 Å². The summed E-state index contributed by atoms with van der Waals surface area (Å²) >= 11 is 0. The van der Waals surface area contributed by atoms with Gasteiger partial charge < -0.3 is 20.3 Å². The van der Waals surface area contributed by atoms with E-state index in [1.54, 1.807) is 51.1 Å². The van der Waals surface area contributed by atoms with Gasteiger partial charge in [-0.25, -0.2) is 4.79 Å². The highest BCUT2D eigenvalue weighted by Gasteiger charge is 2.31. The number of carbonyl (C=O) groups excluding carboxylic acids is 3. The second-order valence-corrected chi connectivity index (χ2v) is 9.05. The van der Waals surface area contributed by atoms with Crippen LogP contribution in [0.3, 0.4) is 0 Å². The first-order chi connectivity index (χ1) is 16.7. The Balaban J connectivity index is 1.85. The minimum atomic E-state index is -0.936. The van der Waals surface area contributed by atoms with Crippen molar-refractivity contribution >= 4 is 34.4 Å². The quantitative estimate of drug-likeness (QED) is 0.448. The molecule has 0 aliphatic rings. The molecule has 7 heteroatoms. The van der Waals surface area contributed by atoms with E-state index in [0.717, 1.165) is 10.8 Å². The van der Waals surface area contributed by atoms with Crippen molar-refractivity contribution in [2.45, 2.75) is 32.4 Å². The molecule has 0 spiro atoms. The summed E-state index contributed by atoms with van der Waals surface area (Å²) in [5.74, 6) is -0.822. The minimum Gasteiger partial charge on any atom is -0.444 e. The van der Waals surface area contributed by atoms with Gasteiger partial charge in [-0.05, 0) is 49.2 Å². The fraction of sp³-hybridized carbons (Fsp3) is 0.250. The molecule has 0 bridgehead atoms. The number of hydrogen-bond donors (Lipinski definition) is 2. The van der Waals surface area contributed by atoms with Crippen molar-refractivity contribution in [2.24, 2.45) is 0 Å². The predicted octanol–water partition coefficient (Wildman–Crippen LogP) is 5.06. The topological polar surface area (TPSA) is 87.7 Å². The molecule has 3 aromatic carbocycles. The Bertz CT molecular complexity index is 1200. The Morgan fingerprint density at radius 1 is 0.971 bits per heavy atom. The molecule has 0 aliphatic heterocycles. The van der Waals surface area contributed by atoms with Gasteiger partial charge in [0.05, 0.1) is 0 Å². The second-order valence-electron chi connectivity index (χ2n) is 9.05. The van der Waals surface area contributed by atoms with Crippen LogP contribution in [0.5, 0.6) is 0 Å². The van der Waals surface area contributed by atoms with E-state index in [1.807, 2.05) is 48.5 Å². The average molecular weight is 474 g/mol. The average Bonchev–Trinajstić information content (AvgIpc) is 2.82. The third kappa shape index (κ3) is 7.17. The Morgan fingerprint density at radius 2 is 1.63 bits per heavy atom. The summed E-state index contributed by atoms with van der Waals surface area (Å²) in [4.78, 5) is 40.2. The summed E-state index contributed by atoms with van der Waals surface area (Å²) < 4.78 is 5.21. The van der Waals surface area contributed by atoms with Crippen molar-refractivity contribution in [2.75, 3.05) is 18.4 Å². The number of nitrogens with one attached hydrogen (secondary N) is 2. The molecule has 0 radical (unpaired) electrons. The zero-order valence-electron chi connectivity index (χ0n) is 20.3. The smallest absolute Gasteiger partial charge is 0.408 e. The van der Waals surface area contributed by atoms with E-state index in [4.69, 9.17) is 4.74 Å². The number of alkyl carbamates (subject to hydrolysis) is 1. The van der Waals surface area contributed by atoms with Crippen LogP contribution in [0.4, 0.5) is 10.5 Å². The molecule has 0 saturated carbocycles. The van der Waals surface area contributed by atoms with Gasteiger partial charge in [-0.2, -0.15) is 0 Å². The fourth-order valence-corrected chi connectivity index (χ4v) is 3.64. The Hall–Kier alpha value is -4.13. The number of hydrogen-bond acceptors (Lipinski definition) is 4. The first-order valence-corrected chi connectivity index (χ1v) is 11.4. The van der Waals surface area contributed by atoms with Crippen LogP contribution in [-0.4, -0.2) is 41.5 Å². The van der Waals surface area contributed by atoms with E-state index in [2.05, 4.69) is 17.2 Å². The highest BCUT2D eigenvalue weighted by Crippen LogP contribution is 2.25. The van der Waals surface area contributed by atoms with Gasteiger partial charge in [0, 0.05) is 12.2 Å². The molecule has 182 valence electrons. The zero-order chi connectivity index (χ0) is 25.4. The molecule has 3 aromatic rings. The highest BCUT2D eigenvalue weighted by molar-refractivity contribution is 6.00. The SMILES string of the molecule is C=CCN(C(=O)CNC(=O)OC(C)(C)C)C(C(=O)Nc1ccc2ccccc2c1)c1ccccc1. The van der Waals surface area contributed by atoms with Crippen molar-refractivity contribution in [1.29, 1.82) is 0 Å². The van der Waals surface area contributed by atoms with E-state index in [-0.39, 0.29) is 19.0 Å². The summed E-state index contributed by atoms with van der Waals surface area (Å²) in [7, 11) is 0. The Morgan fingerprint density at radius 3 is 2.29 bits per heavy atom. The van der Waals surface area contributed by atoms with Crippen molar-refractivity contribution < 1.29 is 19.1 Å².